The SMILES string of the molecule is C[C@@H]1CCC[C@H](C)N1C(=O)Cn1cc(C(=O)C(=O)N2CCOCC2)c2ccccc21. The Morgan fingerprint density at radius 1 is 1.03 bits per heavy atom. The van der Waals surface area contributed by atoms with Crippen molar-refractivity contribution in [2.24, 2.45) is 0 Å². The van der Waals surface area contributed by atoms with Crippen LogP contribution in [0.3, 0.4) is 0 Å². The van der Waals surface area contributed by atoms with Gasteiger partial charge in [-0.15, -0.1) is 0 Å². The van der Waals surface area contributed by atoms with Crippen molar-refractivity contribution in [3.63, 3.8) is 0 Å². The number of rotatable bonds is 4. The Balaban J connectivity index is 1.61. The van der Waals surface area contributed by atoms with Crippen LogP contribution in [-0.4, -0.2) is 70.4 Å². The number of para-hydroxylation sites is 1. The van der Waals surface area contributed by atoms with Gasteiger partial charge in [0.05, 0.1) is 18.8 Å². The molecule has 0 saturated carbocycles. The van der Waals surface area contributed by atoms with Crippen LogP contribution in [0.4, 0.5) is 0 Å². The van der Waals surface area contributed by atoms with E-state index in [-0.39, 0.29) is 24.5 Å². The first-order valence-corrected chi connectivity index (χ1v) is 10.8. The molecule has 1 aromatic heterocycles. The van der Waals surface area contributed by atoms with Crippen molar-refractivity contribution in [3.05, 3.63) is 36.0 Å². The summed E-state index contributed by atoms with van der Waals surface area (Å²) >= 11 is 0. The number of carbonyl (C=O) groups is 3. The molecule has 0 radical (unpaired) electrons. The largest absolute Gasteiger partial charge is 0.378 e. The molecular weight excluding hydrogens is 382 g/mol. The molecule has 0 aliphatic carbocycles. The van der Waals surface area contributed by atoms with Crippen molar-refractivity contribution >= 4 is 28.5 Å². The fourth-order valence-electron chi connectivity index (χ4n) is 4.72. The number of benzene rings is 1. The molecule has 2 fully saturated rings. The van der Waals surface area contributed by atoms with Gasteiger partial charge in [0, 0.05) is 42.3 Å². The van der Waals surface area contributed by atoms with E-state index in [9.17, 15) is 14.4 Å². The van der Waals surface area contributed by atoms with E-state index in [2.05, 4.69) is 13.8 Å². The zero-order chi connectivity index (χ0) is 21.3. The summed E-state index contributed by atoms with van der Waals surface area (Å²) in [6.45, 7) is 6.09. The minimum absolute atomic E-state index is 0.0500. The Labute approximate surface area is 176 Å². The Kier molecular flexibility index (Phi) is 5.90. The maximum atomic E-state index is 13.1. The van der Waals surface area contributed by atoms with Crippen LogP contribution in [0.5, 0.6) is 0 Å². The maximum absolute atomic E-state index is 13.1. The van der Waals surface area contributed by atoms with Crippen molar-refractivity contribution < 1.29 is 19.1 Å². The second-order valence-electron chi connectivity index (χ2n) is 8.35. The number of hydrogen-bond acceptors (Lipinski definition) is 4. The summed E-state index contributed by atoms with van der Waals surface area (Å²) in [6, 6.07) is 7.88. The molecule has 2 aromatic rings. The molecule has 0 N–H and O–H groups in total. The number of nitrogens with zero attached hydrogens (tertiary/aromatic N) is 3. The molecule has 2 amide bonds. The lowest BCUT2D eigenvalue weighted by molar-refractivity contribution is -0.137. The average Bonchev–Trinajstić information content (AvgIpc) is 3.11. The van der Waals surface area contributed by atoms with Gasteiger partial charge in [-0.05, 0) is 39.2 Å². The van der Waals surface area contributed by atoms with Crippen molar-refractivity contribution in [2.45, 2.75) is 51.7 Å². The van der Waals surface area contributed by atoms with Gasteiger partial charge in [0.25, 0.3) is 11.7 Å². The molecule has 0 spiro atoms. The molecule has 0 bridgehead atoms. The fraction of sp³-hybridized carbons (Fsp3) is 0.522. The number of Topliss-reactive ketones (excluding diaryl/α,β-unsaturated/α-hetero) is 1. The smallest absolute Gasteiger partial charge is 0.295 e. The molecule has 160 valence electrons. The number of piperidine rings is 1. The summed E-state index contributed by atoms with van der Waals surface area (Å²) < 4.78 is 7.09. The first-order valence-electron chi connectivity index (χ1n) is 10.8. The lowest BCUT2D eigenvalue weighted by Gasteiger charge is -2.39. The third kappa shape index (κ3) is 3.86. The van der Waals surface area contributed by atoms with Crippen LogP contribution in [0.15, 0.2) is 30.5 Å². The van der Waals surface area contributed by atoms with Gasteiger partial charge < -0.3 is 19.1 Å². The highest BCUT2D eigenvalue weighted by Gasteiger charge is 2.31. The van der Waals surface area contributed by atoms with Crippen LogP contribution < -0.4 is 0 Å². The standard InChI is InChI=1S/C23H29N3O4/c1-16-6-5-7-17(2)26(16)21(27)15-25-14-19(18-8-3-4-9-20(18)25)22(28)23(29)24-10-12-30-13-11-24/h3-4,8-9,14,16-17H,5-7,10-13,15H2,1-2H3/t16-,17+. The Morgan fingerprint density at radius 2 is 1.70 bits per heavy atom. The fourth-order valence-corrected chi connectivity index (χ4v) is 4.72. The van der Waals surface area contributed by atoms with Gasteiger partial charge in [0.15, 0.2) is 0 Å². The molecule has 7 heteroatoms. The Bertz CT molecular complexity index is 951. The number of amides is 2. The lowest BCUT2D eigenvalue weighted by Crippen LogP contribution is -2.48. The predicted molar refractivity (Wildman–Crippen MR) is 113 cm³/mol. The van der Waals surface area contributed by atoms with Gasteiger partial charge in [-0.1, -0.05) is 18.2 Å². The highest BCUT2D eigenvalue weighted by atomic mass is 16.5. The molecule has 4 rings (SSSR count). The Morgan fingerprint density at radius 3 is 2.40 bits per heavy atom. The number of likely N-dealkylation sites (tertiary alicyclic amines) is 1. The van der Waals surface area contributed by atoms with Crippen LogP contribution in [-0.2, 0) is 20.9 Å². The summed E-state index contributed by atoms with van der Waals surface area (Å²) in [7, 11) is 0. The first kappa shape index (κ1) is 20.6. The average molecular weight is 412 g/mol. The van der Waals surface area contributed by atoms with Crippen LogP contribution in [0.1, 0.15) is 43.5 Å². The summed E-state index contributed by atoms with van der Waals surface area (Å²) in [4.78, 5) is 42.4. The first-order chi connectivity index (χ1) is 14.5. The van der Waals surface area contributed by atoms with Crippen molar-refractivity contribution in [1.82, 2.24) is 14.4 Å². The third-order valence-corrected chi connectivity index (χ3v) is 6.31. The monoisotopic (exact) mass is 411 g/mol. The minimum atomic E-state index is -0.529. The number of hydrogen-bond donors (Lipinski definition) is 0. The van der Waals surface area contributed by atoms with Crippen molar-refractivity contribution in [2.75, 3.05) is 26.3 Å². The van der Waals surface area contributed by atoms with Crippen molar-refractivity contribution in [3.8, 4) is 0 Å². The van der Waals surface area contributed by atoms with E-state index in [0.29, 0.717) is 37.3 Å². The number of aromatic nitrogens is 1. The molecular formula is C23H29N3O4. The van der Waals surface area contributed by atoms with Crippen LogP contribution in [0.25, 0.3) is 10.9 Å². The number of carbonyl (C=O) groups excluding carboxylic acids is 3. The Hall–Kier alpha value is -2.67. The van der Waals surface area contributed by atoms with Gasteiger partial charge in [0.1, 0.15) is 6.54 Å². The molecule has 0 unspecified atom stereocenters. The van der Waals surface area contributed by atoms with Crippen LogP contribution >= 0.6 is 0 Å². The molecule has 2 atom stereocenters. The van der Waals surface area contributed by atoms with E-state index >= 15 is 0 Å². The van der Waals surface area contributed by atoms with Crippen LogP contribution in [0, 0.1) is 0 Å². The zero-order valence-corrected chi connectivity index (χ0v) is 17.7. The van der Waals surface area contributed by atoms with E-state index in [1.165, 1.54) is 0 Å². The number of morpholine rings is 1. The normalized spacial score (nSPS) is 22.3. The van der Waals surface area contributed by atoms with Gasteiger partial charge in [-0.25, -0.2) is 0 Å². The number of fused-ring (bicyclic) bond motifs is 1. The van der Waals surface area contributed by atoms with E-state index in [1.54, 1.807) is 11.1 Å². The summed E-state index contributed by atoms with van der Waals surface area (Å²) in [6.07, 6.45) is 4.84. The highest BCUT2D eigenvalue weighted by Crippen LogP contribution is 2.26. The van der Waals surface area contributed by atoms with E-state index in [0.717, 1.165) is 24.8 Å². The molecule has 7 nitrogen and oxygen atoms in total. The third-order valence-electron chi connectivity index (χ3n) is 6.31. The predicted octanol–water partition coefficient (Wildman–Crippen LogP) is 2.47. The summed E-state index contributed by atoms with van der Waals surface area (Å²) in [5, 5.41) is 0.705. The molecule has 3 heterocycles. The van der Waals surface area contributed by atoms with Crippen molar-refractivity contribution in [1.29, 1.82) is 0 Å². The summed E-state index contributed by atoms with van der Waals surface area (Å²) in [5.41, 5.74) is 1.15. The molecule has 1 aromatic carbocycles. The highest BCUT2D eigenvalue weighted by molar-refractivity contribution is 6.44. The zero-order valence-electron chi connectivity index (χ0n) is 17.7. The topological polar surface area (TPSA) is 71.9 Å². The molecule has 30 heavy (non-hydrogen) atoms. The van der Waals surface area contributed by atoms with E-state index < -0.39 is 11.7 Å². The number of ketones is 1. The van der Waals surface area contributed by atoms with Gasteiger partial charge in [-0.3, -0.25) is 14.4 Å². The van der Waals surface area contributed by atoms with E-state index in [1.807, 2.05) is 33.7 Å². The molecule has 2 saturated heterocycles. The van der Waals surface area contributed by atoms with Gasteiger partial charge in [-0.2, -0.15) is 0 Å². The molecule has 2 aliphatic heterocycles. The second-order valence-corrected chi connectivity index (χ2v) is 8.35. The second kappa shape index (κ2) is 8.60. The van der Waals surface area contributed by atoms with Gasteiger partial charge >= 0.3 is 0 Å². The molecule has 2 aliphatic rings. The maximum Gasteiger partial charge on any atom is 0.295 e. The van der Waals surface area contributed by atoms with Crippen LogP contribution in [0.2, 0.25) is 0 Å². The number of ether oxygens (including phenoxy) is 1. The minimum Gasteiger partial charge on any atom is -0.378 e. The van der Waals surface area contributed by atoms with E-state index in [4.69, 9.17) is 4.74 Å². The quantitative estimate of drug-likeness (QED) is 0.572. The summed E-state index contributed by atoms with van der Waals surface area (Å²) in [5.74, 6) is -0.987. The van der Waals surface area contributed by atoms with Gasteiger partial charge in [0.2, 0.25) is 5.91 Å². The lowest BCUT2D eigenvalue weighted by atomic mass is 9.97.